The number of aryl methyl sites for hydroxylation is 2. The van der Waals surface area contributed by atoms with Crippen molar-refractivity contribution in [2.45, 2.75) is 19.6 Å². The molecule has 0 unspecified atom stereocenters. The summed E-state index contributed by atoms with van der Waals surface area (Å²) in [5, 5.41) is 4.85. The molecular formula is C20H20N2O3S2. The van der Waals surface area contributed by atoms with Crippen molar-refractivity contribution in [1.82, 2.24) is 4.98 Å². The van der Waals surface area contributed by atoms with Crippen molar-refractivity contribution in [3.8, 4) is 11.3 Å². The summed E-state index contributed by atoms with van der Waals surface area (Å²) < 4.78 is 24.5. The van der Waals surface area contributed by atoms with Gasteiger partial charge in [-0.2, -0.15) is 0 Å². The maximum atomic E-state index is 12.2. The fourth-order valence-electron chi connectivity index (χ4n) is 2.70. The first kappa shape index (κ1) is 19.3. The standard InChI is InChI=1S/C20H20N2O3S2/c1-14-8-9-15(2)17(10-14)18-11-26-20(21-18)22-19(23)13-27(24,25)12-16-6-4-3-5-7-16/h3-11H,12-13H2,1-2H3,(H,21,22,23). The molecule has 27 heavy (non-hydrogen) atoms. The van der Waals surface area contributed by atoms with Crippen molar-refractivity contribution in [3.05, 3.63) is 70.6 Å². The minimum atomic E-state index is -3.55. The number of aromatic nitrogens is 1. The smallest absolute Gasteiger partial charge is 0.241 e. The van der Waals surface area contributed by atoms with Crippen LogP contribution in [-0.2, 0) is 20.4 Å². The number of nitrogens with one attached hydrogen (secondary N) is 1. The number of carbonyl (C=O) groups excluding carboxylic acids is 1. The van der Waals surface area contributed by atoms with Crippen molar-refractivity contribution < 1.29 is 13.2 Å². The number of amides is 1. The van der Waals surface area contributed by atoms with E-state index in [0.717, 1.165) is 22.4 Å². The summed E-state index contributed by atoms with van der Waals surface area (Å²) in [6.45, 7) is 4.01. The minimum Gasteiger partial charge on any atom is -0.301 e. The summed E-state index contributed by atoms with van der Waals surface area (Å²) in [5.41, 5.74) is 4.65. The van der Waals surface area contributed by atoms with Crippen LogP contribution < -0.4 is 5.32 Å². The van der Waals surface area contributed by atoms with Crippen LogP contribution in [0.4, 0.5) is 5.13 Å². The number of benzene rings is 2. The Labute approximate surface area is 163 Å². The average molecular weight is 401 g/mol. The van der Waals surface area contributed by atoms with Gasteiger partial charge in [-0.05, 0) is 31.0 Å². The van der Waals surface area contributed by atoms with Crippen LogP contribution in [0.2, 0.25) is 0 Å². The lowest BCUT2D eigenvalue weighted by Gasteiger charge is -2.05. The molecular weight excluding hydrogens is 380 g/mol. The Bertz CT molecular complexity index is 1060. The van der Waals surface area contributed by atoms with Crippen LogP contribution >= 0.6 is 11.3 Å². The fourth-order valence-corrected chi connectivity index (χ4v) is 4.70. The molecule has 140 valence electrons. The molecule has 1 heterocycles. The van der Waals surface area contributed by atoms with E-state index in [1.54, 1.807) is 24.3 Å². The third-order valence-electron chi connectivity index (χ3n) is 4.00. The van der Waals surface area contributed by atoms with Crippen molar-refractivity contribution in [3.63, 3.8) is 0 Å². The number of thiazole rings is 1. The highest BCUT2D eigenvalue weighted by molar-refractivity contribution is 7.91. The molecule has 3 aromatic rings. The molecule has 1 N–H and O–H groups in total. The van der Waals surface area contributed by atoms with E-state index in [-0.39, 0.29) is 5.75 Å². The van der Waals surface area contributed by atoms with Crippen LogP contribution in [0.3, 0.4) is 0 Å². The second-order valence-electron chi connectivity index (χ2n) is 6.42. The van der Waals surface area contributed by atoms with E-state index < -0.39 is 21.5 Å². The van der Waals surface area contributed by atoms with Crippen LogP contribution in [-0.4, -0.2) is 25.1 Å². The number of anilines is 1. The van der Waals surface area contributed by atoms with Crippen molar-refractivity contribution in [2.24, 2.45) is 0 Å². The zero-order valence-corrected chi connectivity index (χ0v) is 16.7. The molecule has 0 saturated carbocycles. The molecule has 0 radical (unpaired) electrons. The third-order valence-corrected chi connectivity index (χ3v) is 6.23. The van der Waals surface area contributed by atoms with Crippen LogP contribution in [0, 0.1) is 13.8 Å². The molecule has 0 aliphatic heterocycles. The summed E-state index contributed by atoms with van der Waals surface area (Å²) >= 11 is 1.28. The van der Waals surface area contributed by atoms with E-state index in [9.17, 15) is 13.2 Å². The SMILES string of the molecule is Cc1ccc(C)c(-c2csc(NC(=O)CS(=O)(=O)Cc3ccccc3)n2)c1. The molecule has 0 aliphatic rings. The van der Waals surface area contributed by atoms with Gasteiger partial charge in [-0.3, -0.25) is 4.79 Å². The number of hydrogen-bond acceptors (Lipinski definition) is 5. The monoisotopic (exact) mass is 400 g/mol. The van der Waals surface area contributed by atoms with E-state index in [1.165, 1.54) is 11.3 Å². The summed E-state index contributed by atoms with van der Waals surface area (Å²) in [6.07, 6.45) is 0. The molecule has 0 spiro atoms. The van der Waals surface area contributed by atoms with Gasteiger partial charge in [0.15, 0.2) is 15.0 Å². The van der Waals surface area contributed by atoms with E-state index in [4.69, 9.17) is 0 Å². The molecule has 0 fully saturated rings. The zero-order valence-electron chi connectivity index (χ0n) is 15.1. The van der Waals surface area contributed by atoms with Gasteiger partial charge in [-0.25, -0.2) is 13.4 Å². The zero-order chi connectivity index (χ0) is 19.4. The Morgan fingerprint density at radius 3 is 2.59 bits per heavy atom. The first-order valence-electron chi connectivity index (χ1n) is 8.40. The van der Waals surface area contributed by atoms with Gasteiger partial charge in [0.1, 0.15) is 5.75 Å². The van der Waals surface area contributed by atoms with E-state index >= 15 is 0 Å². The molecule has 2 aromatic carbocycles. The van der Waals surface area contributed by atoms with E-state index in [2.05, 4.69) is 10.3 Å². The second-order valence-corrected chi connectivity index (χ2v) is 9.34. The Hall–Kier alpha value is -2.51. The van der Waals surface area contributed by atoms with Gasteiger partial charge in [-0.1, -0.05) is 48.0 Å². The maximum absolute atomic E-state index is 12.2. The minimum absolute atomic E-state index is 0.160. The average Bonchev–Trinajstić information content (AvgIpc) is 3.05. The first-order valence-corrected chi connectivity index (χ1v) is 11.1. The van der Waals surface area contributed by atoms with Crippen molar-refractivity contribution in [1.29, 1.82) is 0 Å². The highest BCUT2D eigenvalue weighted by Gasteiger charge is 2.18. The third kappa shape index (κ3) is 5.24. The van der Waals surface area contributed by atoms with Crippen LogP contribution in [0.5, 0.6) is 0 Å². The van der Waals surface area contributed by atoms with Crippen LogP contribution in [0.15, 0.2) is 53.9 Å². The van der Waals surface area contributed by atoms with Gasteiger partial charge in [0, 0.05) is 10.9 Å². The Kier molecular flexibility index (Phi) is 5.72. The highest BCUT2D eigenvalue weighted by Crippen LogP contribution is 2.28. The predicted molar refractivity (Wildman–Crippen MR) is 110 cm³/mol. The lowest BCUT2D eigenvalue weighted by atomic mass is 10.0. The van der Waals surface area contributed by atoms with Gasteiger partial charge < -0.3 is 5.32 Å². The summed E-state index contributed by atoms with van der Waals surface area (Å²) in [7, 11) is -3.55. The maximum Gasteiger partial charge on any atom is 0.241 e. The number of sulfone groups is 1. The fraction of sp³-hybridized carbons (Fsp3) is 0.200. The van der Waals surface area contributed by atoms with Gasteiger partial charge in [-0.15, -0.1) is 11.3 Å². The number of hydrogen-bond donors (Lipinski definition) is 1. The second kappa shape index (κ2) is 8.02. The van der Waals surface area contributed by atoms with Gasteiger partial charge >= 0.3 is 0 Å². The Morgan fingerprint density at radius 1 is 1.11 bits per heavy atom. The molecule has 1 aromatic heterocycles. The summed E-state index contributed by atoms with van der Waals surface area (Å²) in [6, 6.07) is 14.9. The molecule has 7 heteroatoms. The summed E-state index contributed by atoms with van der Waals surface area (Å²) in [4.78, 5) is 16.6. The summed E-state index contributed by atoms with van der Waals surface area (Å²) in [5.74, 6) is -1.31. The predicted octanol–water partition coefficient (Wildman–Crippen LogP) is 3.98. The van der Waals surface area contributed by atoms with Crippen molar-refractivity contribution >= 4 is 32.2 Å². The molecule has 0 saturated heterocycles. The van der Waals surface area contributed by atoms with Gasteiger partial charge in [0.2, 0.25) is 5.91 Å². The van der Waals surface area contributed by atoms with Crippen molar-refractivity contribution in [2.75, 3.05) is 11.1 Å². The molecule has 3 rings (SSSR count). The highest BCUT2D eigenvalue weighted by atomic mass is 32.2. The van der Waals surface area contributed by atoms with Gasteiger partial charge in [0.05, 0.1) is 11.4 Å². The normalized spacial score (nSPS) is 11.3. The lowest BCUT2D eigenvalue weighted by molar-refractivity contribution is -0.113. The molecule has 0 atom stereocenters. The Morgan fingerprint density at radius 2 is 1.85 bits per heavy atom. The largest absolute Gasteiger partial charge is 0.301 e. The number of rotatable bonds is 6. The molecule has 0 bridgehead atoms. The topological polar surface area (TPSA) is 76.1 Å². The van der Waals surface area contributed by atoms with Crippen LogP contribution in [0.1, 0.15) is 16.7 Å². The number of nitrogens with zero attached hydrogens (tertiary/aromatic N) is 1. The Balaban J connectivity index is 1.66. The first-order chi connectivity index (χ1) is 12.8. The lowest BCUT2D eigenvalue weighted by Crippen LogP contribution is -2.23. The number of carbonyl (C=O) groups is 1. The molecule has 0 aliphatic carbocycles. The van der Waals surface area contributed by atoms with E-state index in [0.29, 0.717) is 10.7 Å². The molecule has 5 nitrogen and oxygen atoms in total. The quantitative estimate of drug-likeness (QED) is 0.679. The van der Waals surface area contributed by atoms with Gasteiger partial charge in [0.25, 0.3) is 0 Å². The van der Waals surface area contributed by atoms with E-state index in [1.807, 2.05) is 43.5 Å². The molecule has 1 amide bonds. The van der Waals surface area contributed by atoms with Crippen LogP contribution in [0.25, 0.3) is 11.3 Å².